The van der Waals surface area contributed by atoms with Crippen LogP contribution in [-0.4, -0.2) is 11.9 Å². The third kappa shape index (κ3) is 4.42. The van der Waals surface area contributed by atoms with Crippen LogP contribution in [0.25, 0.3) is 0 Å². The third-order valence-corrected chi connectivity index (χ3v) is 3.69. The summed E-state index contributed by atoms with van der Waals surface area (Å²) in [6.45, 7) is 2.68. The minimum absolute atomic E-state index is 0.312. The van der Waals surface area contributed by atoms with E-state index in [0.717, 1.165) is 22.6 Å². The van der Waals surface area contributed by atoms with Gasteiger partial charge in [0.05, 0.1) is 6.61 Å². The van der Waals surface area contributed by atoms with Crippen molar-refractivity contribution in [3.63, 3.8) is 0 Å². The topological polar surface area (TPSA) is 9.23 Å². The number of rotatable bonds is 6. The lowest BCUT2D eigenvalue weighted by atomic mass is 10.1. The Bertz CT molecular complexity index is 331. The van der Waals surface area contributed by atoms with Gasteiger partial charge in [0.15, 0.2) is 11.6 Å². The molecule has 1 aromatic carbocycles. The van der Waals surface area contributed by atoms with Gasteiger partial charge in [-0.2, -0.15) is 0 Å². The van der Waals surface area contributed by atoms with Crippen LogP contribution in [0.15, 0.2) is 22.7 Å². The summed E-state index contributed by atoms with van der Waals surface area (Å²) in [6.07, 6.45) is 2.20. The van der Waals surface area contributed by atoms with Gasteiger partial charge < -0.3 is 4.74 Å². The zero-order valence-corrected chi connectivity index (χ0v) is 12.4. The molecule has 0 radical (unpaired) electrons. The maximum atomic E-state index is 13.4. The van der Waals surface area contributed by atoms with Crippen LogP contribution in [0, 0.1) is 11.7 Å². The molecule has 0 spiro atoms. The molecule has 16 heavy (non-hydrogen) atoms. The summed E-state index contributed by atoms with van der Waals surface area (Å²) in [7, 11) is 0. The van der Waals surface area contributed by atoms with Gasteiger partial charge in [0, 0.05) is 15.7 Å². The summed E-state index contributed by atoms with van der Waals surface area (Å²) in [4.78, 5) is 0. The predicted molar refractivity (Wildman–Crippen MR) is 71.8 cm³/mol. The molecule has 0 aromatic heterocycles. The second-order valence-electron chi connectivity index (χ2n) is 3.69. The van der Waals surface area contributed by atoms with E-state index in [1.54, 1.807) is 12.1 Å². The van der Waals surface area contributed by atoms with E-state index in [1.807, 2.05) is 0 Å². The first-order valence-electron chi connectivity index (χ1n) is 5.31. The van der Waals surface area contributed by atoms with Gasteiger partial charge in [0.1, 0.15) is 0 Å². The zero-order chi connectivity index (χ0) is 12.0. The van der Waals surface area contributed by atoms with E-state index in [4.69, 9.17) is 4.74 Å². The van der Waals surface area contributed by atoms with Crippen LogP contribution in [0.2, 0.25) is 0 Å². The minimum atomic E-state index is -0.312. The summed E-state index contributed by atoms with van der Waals surface area (Å²) in [5.74, 6) is 0.438. The van der Waals surface area contributed by atoms with Crippen molar-refractivity contribution in [2.24, 2.45) is 5.92 Å². The average molecular weight is 354 g/mol. The van der Waals surface area contributed by atoms with Crippen molar-refractivity contribution in [2.75, 3.05) is 11.9 Å². The standard InChI is InChI=1S/C12H15Br2FO/c1-2-3-9(7-13)8-16-12-6-10(14)4-5-11(12)15/h4-6,9H,2-3,7-8H2,1H3. The Balaban J connectivity index is 2.55. The van der Waals surface area contributed by atoms with Crippen molar-refractivity contribution in [3.8, 4) is 5.75 Å². The largest absolute Gasteiger partial charge is 0.490 e. The van der Waals surface area contributed by atoms with Crippen LogP contribution in [0.5, 0.6) is 5.75 Å². The first-order valence-corrected chi connectivity index (χ1v) is 7.22. The molecule has 0 amide bonds. The molecular formula is C12H15Br2FO. The first kappa shape index (κ1) is 14.0. The van der Waals surface area contributed by atoms with Gasteiger partial charge in [0.25, 0.3) is 0 Å². The first-order chi connectivity index (χ1) is 7.67. The molecule has 1 unspecified atom stereocenters. The number of hydrogen-bond acceptors (Lipinski definition) is 1. The molecule has 0 saturated heterocycles. The highest BCUT2D eigenvalue weighted by Gasteiger charge is 2.09. The van der Waals surface area contributed by atoms with Gasteiger partial charge in [0.2, 0.25) is 0 Å². The Morgan fingerprint density at radius 2 is 2.19 bits per heavy atom. The van der Waals surface area contributed by atoms with Crippen molar-refractivity contribution in [3.05, 3.63) is 28.5 Å². The van der Waals surface area contributed by atoms with E-state index in [1.165, 1.54) is 6.07 Å². The maximum Gasteiger partial charge on any atom is 0.165 e. The fourth-order valence-corrected chi connectivity index (χ4v) is 2.26. The van der Waals surface area contributed by atoms with Crippen molar-refractivity contribution in [1.29, 1.82) is 0 Å². The smallest absolute Gasteiger partial charge is 0.165 e. The number of alkyl halides is 1. The van der Waals surface area contributed by atoms with Crippen molar-refractivity contribution in [1.82, 2.24) is 0 Å². The summed E-state index contributed by atoms with van der Waals surface area (Å²) < 4.78 is 19.7. The molecule has 0 aliphatic rings. The molecule has 1 atom stereocenters. The molecule has 4 heteroatoms. The highest BCUT2D eigenvalue weighted by atomic mass is 79.9. The van der Waals surface area contributed by atoms with E-state index in [2.05, 4.69) is 38.8 Å². The van der Waals surface area contributed by atoms with Gasteiger partial charge in [-0.3, -0.25) is 0 Å². The number of ether oxygens (including phenoxy) is 1. The molecule has 0 N–H and O–H groups in total. The molecule has 0 aliphatic carbocycles. The molecule has 0 heterocycles. The Labute approximate surface area is 113 Å². The van der Waals surface area contributed by atoms with E-state index < -0.39 is 0 Å². The molecule has 1 aromatic rings. The fourth-order valence-electron chi connectivity index (χ4n) is 1.41. The van der Waals surface area contributed by atoms with Gasteiger partial charge in [-0.15, -0.1) is 0 Å². The molecule has 90 valence electrons. The zero-order valence-electron chi connectivity index (χ0n) is 9.18. The van der Waals surface area contributed by atoms with Crippen LogP contribution in [-0.2, 0) is 0 Å². The highest BCUT2D eigenvalue weighted by Crippen LogP contribution is 2.23. The molecule has 0 saturated carbocycles. The normalized spacial score (nSPS) is 12.5. The predicted octanol–water partition coefficient (Wildman–Crippen LogP) is 4.78. The summed E-state index contributed by atoms with van der Waals surface area (Å²) in [6, 6.07) is 4.73. The second kappa shape index (κ2) is 7.28. The fraction of sp³-hybridized carbons (Fsp3) is 0.500. The van der Waals surface area contributed by atoms with E-state index in [0.29, 0.717) is 18.3 Å². The van der Waals surface area contributed by atoms with E-state index >= 15 is 0 Å². The summed E-state index contributed by atoms with van der Waals surface area (Å²) in [5.41, 5.74) is 0. The molecule has 1 rings (SSSR count). The van der Waals surface area contributed by atoms with Gasteiger partial charge in [-0.05, 0) is 24.6 Å². The Hall–Kier alpha value is -0.0900. The lowest BCUT2D eigenvalue weighted by Crippen LogP contribution is -2.13. The van der Waals surface area contributed by atoms with Gasteiger partial charge in [-0.25, -0.2) is 4.39 Å². The van der Waals surface area contributed by atoms with Crippen molar-refractivity contribution >= 4 is 31.9 Å². The highest BCUT2D eigenvalue weighted by molar-refractivity contribution is 9.10. The number of hydrogen-bond donors (Lipinski definition) is 0. The van der Waals surface area contributed by atoms with Crippen LogP contribution in [0.1, 0.15) is 19.8 Å². The maximum absolute atomic E-state index is 13.4. The molecule has 0 fully saturated rings. The lowest BCUT2D eigenvalue weighted by molar-refractivity contribution is 0.245. The lowest BCUT2D eigenvalue weighted by Gasteiger charge is -2.14. The number of benzene rings is 1. The van der Waals surface area contributed by atoms with E-state index in [-0.39, 0.29) is 5.82 Å². The summed E-state index contributed by atoms with van der Waals surface area (Å²) >= 11 is 6.74. The van der Waals surface area contributed by atoms with Gasteiger partial charge in [-0.1, -0.05) is 45.2 Å². The molecular weight excluding hydrogens is 339 g/mol. The Kier molecular flexibility index (Phi) is 6.36. The van der Waals surface area contributed by atoms with Crippen LogP contribution < -0.4 is 4.74 Å². The quantitative estimate of drug-likeness (QED) is 0.669. The van der Waals surface area contributed by atoms with E-state index in [9.17, 15) is 4.39 Å². The monoisotopic (exact) mass is 352 g/mol. The average Bonchev–Trinajstić information content (AvgIpc) is 2.28. The minimum Gasteiger partial charge on any atom is -0.490 e. The summed E-state index contributed by atoms with van der Waals surface area (Å²) in [5, 5.41) is 0.885. The van der Waals surface area contributed by atoms with Crippen molar-refractivity contribution in [2.45, 2.75) is 19.8 Å². The van der Waals surface area contributed by atoms with Crippen LogP contribution >= 0.6 is 31.9 Å². The van der Waals surface area contributed by atoms with Gasteiger partial charge >= 0.3 is 0 Å². The number of halogens is 3. The third-order valence-electron chi connectivity index (χ3n) is 2.28. The van der Waals surface area contributed by atoms with Crippen LogP contribution in [0.3, 0.4) is 0 Å². The SMILES string of the molecule is CCCC(CBr)COc1cc(Br)ccc1F. The second-order valence-corrected chi connectivity index (χ2v) is 5.26. The van der Waals surface area contributed by atoms with Crippen LogP contribution in [0.4, 0.5) is 4.39 Å². The molecule has 0 bridgehead atoms. The van der Waals surface area contributed by atoms with Crippen molar-refractivity contribution < 1.29 is 9.13 Å². The molecule has 0 aliphatic heterocycles. The molecule has 1 nitrogen and oxygen atoms in total. The Morgan fingerprint density at radius 1 is 1.44 bits per heavy atom. The Morgan fingerprint density at radius 3 is 2.81 bits per heavy atom.